The van der Waals surface area contributed by atoms with E-state index in [1.54, 1.807) is 7.11 Å². The molecule has 98 valence electrons. The zero-order valence-electron chi connectivity index (χ0n) is 10.6. The first-order valence-electron chi connectivity index (χ1n) is 6.58. The zero-order valence-corrected chi connectivity index (χ0v) is 12.2. The predicted molar refractivity (Wildman–Crippen MR) is 74.0 cm³/mol. The van der Waals surface area contributed by atoms with E-state index in [4.69, 9.17) is 9.72 Å². The summed E-state index contributed by atoms with van der Waals surface area (Å²) in [6, 6.07) is 2.67. The number of hydrogen-bond acceptors (Lipinski definition) is 4. The maximum absolute atomic E-state index is 5.20. The summed E-state index contributed by atoms with van der Waals surface area (Å²) in [4.78, 5) is 11.6. The third kappa shape index (κ3) is 2.83. The highest BCUT2D eigenvalue weighted by Gasteiger charge is 2.32. The van der Waals surface area contributed by atoms with Crippen LogP contribution in [-0.4, -0.2) is 36.3 Å². The smallest absolute Gasteiger partial charge is 0.135 e. The quantitative estimate of drug-likeness (QED) is 0.757. The minimum absolute atomic E-state index is 0.588. The second-order valence-corrected chi connectivity index (χ2v) is 5.91. The molecule has 2 fully saturated rings. The van der Waals surface area contributed by atoms with Crippen molar-refractivity contribution in [3.63, 3.8) is 0 Å². The zero-order chi connectivity index (χ0) is 12.5. The molecular weight excluding hydrogens is 294 g/mol. The minimum atomic E-state index is 0.588. The molecule has 2 aliphatic carbocycles. The van der Waals surface area contributed by atoms with Gasteiger partial charge in [-0.15, -0.1) is 0 Å². The molecule has 2 saturated carbocycles. The van der Waals surface area contributed by atoms with Gasteiger partial charge in [0, 0.05) is 31.7 Å². The molecule has 0 N–H and O–H groups in total. The number of hydrogen-bond donors (Lipinski definition) is 0. The van der Waals surface area contributed by atoms with Crippen LogP contribution in [0, 0.1) is 0 Å². The van der Waals surface area contributed by atoms with Crippen LogP contribution in [-0.2, 0) is 4.74 Å². The van der Waals surface area contributed by atoms with Gasteiger partial charge in [0.15, 0.2) is 0 Å². The van der Waals surface area contributed by atoms with Gasteiger partial charge in [0.05, 0.1) is 6.61 Å². The number of nitrogens with zero attached hydrogens (tertiary/aromatic N) is 3. The molecule has 0 saturated heterocycles. The lowest BCUT2D eigenvalue weighted by Crippen LogP contribution is -2.30. The van der Waals surface area contributed by atoms with E-state index in [9.17, 15) is 0 Å². The van der Waals surface area contributed by atoms with Gasteiger partial charge in [0.2, 0.25) is 0 Å². The van der Waals surface area contributed by atoms with Crippen LogP contribution in [0.25, 0.3) is 0 Å². The van der Waals surface area contributed by atoms with Crippen LogP contribution in [0.3, 0.4) is 0 Å². The van der Waals surface area contributed by atoms with Crippen molar-refractivity contribution in [1.82, 2.24) is 9.97 Å². The normalized spacial score (nSPS) is 19.0. The highest BCUT2D eigenvalue weighted by Crippen LogP contribution is 2.40. The van der Waals surface area contributed by atoms with Gasteiger partial charge in [-0.1, -0.05) is 0 Å². The van der Waals surface area contributed by atoms with Crippen LogP contribution in [0.1, 0.15) is 37.4 Å². The molecular formula is C13H18BrN3O. The highest BCUT2D eigenvalue weighted by molar-refractivity contribution is 9.10. The first-order chi connectivity index (χ1) is 8.78. The van der Waals surface area contributed by atoms with Gasteiger partial charge in [-0.3, -0.25) is 0 Å². The third-order valence-corrected chi connectivity index (χ3v) is 3.87. The average Bonchev–Trinajstić information content (AvgIpc) is 3.21. The molecule has 0 radical (unpaired) electrons. The Morgan fingerprint density at radius 2 is 2.11 bits per heavy atom. The van der Waals surface area contributed by atoms with E-state index in [-0.39, 0.29) is 0 Å². The Hall–Kier alpha value is -0.680. The molecule has 0 bridgehead atoms. The minimum Gasteiger partial charge on any atom is -0.383 e. The summed E-state index contributed by atoms with van der Waals surface area (Å²) in [6.45, 7) is 1.66. The largest absolute Gasteiger partial charge is 0.383 e. The summed E-state index contributed by atoms with van der Waals surface area (Å²) >= 11 is 3.51. The van der Waals surface area contributed by atoms with Crippen molar-refractivity contribution < 1.29 is 4.74 Å². The lowest BCUT2D eigenvalue weighted by molar-refractivity contribution is 0.204. The fourth-order valence-electron chi connectivity index (χ4n) is 2.15. The van der Waals surface area contributed by atoms with Gasteiger partial charge >= 0.3 is 0 Å². The molecule has 0 spiro atoms. The third-order valence-electron chi connectivity index (χ3n) is 3.46. The molecule has 1 aromatic rings. The summed E-state index contributed by atoms with van der Waals surface area (Å²) in [5, 5.41) is 0. The number of ether oxygens (including phenoxy) is 1. The summed E-state index contributed by atoms with van der Waals surface area (Å²) in [5.74, 6) is 2.64. The van der Waals surface area contributed by atoms with E-state index >= 15 is 0 Å². The molecule has 0 aromatic carbocycles. The fourth-order valence-corrected chi connectivity index (χ4v) is 2.54. The van der Waals surface area contributed by atoms with E-state index in [0.717, 1.165) is 29.4 Å². The second kappa shape index (κ2) is 5.13. The molecule has 0 amide bonds. The van der Waals surface area contributed by atoms with Gasteiger partial charge in [-0.05, 0) is 41.6 Å². The van der Waals surface area contributed by atoms with Crippen molar-refractivity contribution in [3.05, 3.63) is 16.5 Å². The summed E-state index contributed by atoms with van der Waals surface area (Å²) in [5.41, 5.74) is 0. The van der Waals surface area contributed by atoms with Crippen LogP contribution in [0.2, 0.25) is 0 Å². The van der Waals surface area contributed by atoms with Gasteiger partial charge in [0.1, 0.15) is 16.2 Å². The first kappa shape index (κ1) is 12.4. The summed E-state index contributed by atoms with van der Waals surface area (Å²) < 4.78 is 6.10. The molecule has 0 atom stereocenters. The number of anilines is 1. The van der Waals surface area contributed by atoms with E-state index in [1.165, 1.54) is 25.7 Å². The van der Waals surface area contributed by atoms with Crippen molar-refractivity contribution in [3.8, 4) is 0 Å². The standard InChI is InChI=1S/C13H18BrN3O/c1-18-7-6-17(10-4-5-10)12-8-11(14)15-13(16-12)9-2-3-9/h8-10H,2-7H2,1H3. The number of methoxy groups -OCH3 is 1. The molecule has 1 heterocycles. The lowest BCUT2D eigenvalue weighted by Gasteiger charge is -2.23. The molecule has 18 heavy (non-hydrogen) atoms. The Morgan fingerprint density at radius 3 is 2.72 bits per heavy atom. The van der Waals surface area contributed by atoms with Crippen LogP contribution >= 0.6 is 15.9 Å². The Kier molecular flexibility index (Phi) is 3.52. The molecule has 3 rings (SSSR count). The van der Waals surface area contributed by atoms with E-state index in [0.29, 0.717) is 12.0 Å². The number of halogens is 1. The number of rotatable bonds is 6. The maximum Gasteiger partial charge on any atom is 0.135 e. The van der Waals surface area contributed by atoms with Crippen molar-refractivity contribution in [2.45, 2.75) is 37.6 Å². The molecule has 4 nitrogen and oxygen atoms in total. The Balaban J connectivity index is 1.83. The monoisotopic (exact) mass is 311 g/mol. The van der Waals surface area contributed by atoms with E-state index in [2.05, 4.69) is 25.8 Å². The van der Waals surface area contributed by atoms with E-state index < -0.39 is 0 Å². The molecule has 2 aliphatic rings. The van der Waals surface area contributed by atoms with Gasteiger partial charge in [0.25, 0.3) is 0 Å². The first-order valence-corrected chi connectivity index (χ1v) is 7.37. The summed E-state index contributed by atoms with van der Waals surface area (Å²) in [6.07, 6.45) is 5.00. The molecule has 0 unspecified atom stereocenters. The van der Waals surface area contributed by atoms with Gasteiger partial charge in [-0.2, -0.15) is 0 Å². The molecule has 0 aliphatic heterocycles. The second-order valence-electron chi connectivity index (χ2n) is 5.10. The maximum atomic E-state index is 5.20. The van der Waals surface area contributed by atoms with Gasteiger partial charge in [-0.25, -0.2) is 9.97 Å². The molecule has 5 heteroatoms. The fraction of sp³-hybridized carbons (Fsp3) is 0.692. The average molecular weight is 312 g/mol. The Labute approximate surface area is 116 Å². The van der Waals surface area contributed by atoms with Crippen LogP contribution in [0.5, 0.6) is 0 Å². The van der Waals surface area contributed by atoms with Crippen LogP contribution in [0.4, 0.5) is 5.82 Å². The van der Waals surface area contributed by atoms with E-state index in [1.807, 2.05) is 6.07 Å². The number of aromatic nitrogens is 2. The van der Waals surface area contributed by atoms with Gasteiger partial charge < -0.3 is 9.64 Å². The van der Waals surface area contributed by atoms with Crippen LogP contribution < -0.4 is 4.90 Å². The molecule has 1 aromatic heterocycles. The Bertz CT molecular complexity index is 432. The summed E-state index contributed by atoms with van der Waals surface area (Å²) in [7, 11) is 1.75. The van der Waals surface area contributed by atoms with Crippen molar-refractivity contribution in [1.29, 1.82) is 0 Å². The van der Waals surface area contributed by atoms with Crippen LogP contribution in [0.15, 0.2) is 10.7 Å². The Morgan fingerprint density at radius 1 is 1.33 bits per heavy atom. The lowest BCUT2D eigenvalue weighted by atomic mass is 10.3. The van der Waals surface area contributed by atoms with Crippen molar-refractivity contribution in [2.24, 2.45) is 0 Å². The SMILES string of the molecule is COCCN(c1cc(Br)nc(C2CC2)n1)C1CC1. The predicted octanol–water partition coefficient (Wildman–Crippen LogP) is 2.73. The highest BCUT2D eigenvalue weighted by atomic mass is 79.9. The van der Waals surface area contributed by atoms with Crippen molar-refractivity contribution in [2.75, 3.05) is 25.2 Å². The van der Waals surface area contributed by atoms with Crippen molar-refractivity contribution >= 4 is 21.7 Å². The topological polar surface area (TPSA) is 38.2 Å².